The summed E-state index contributed by atoms with van der Waals surface area (Å²) < 4.78 is 10.4. The average Bonchev–Trinajstić information content (AvgIpc) is 2.87. The van der Waals surface area contributed by atoms with Gasteiger partial charge in [0.2, 0.25) is 0 Å². The van der Waals surface area contributed by atoms with Gasteiger partial charge in [-0.25, -0.2) is 4.79 Å². The maximum absolute atomic E-state index is 11.7. The lowest BCUT2D eigenvalue weighted by molar-refractivity contribution is 0.0295. The highest BCUT2D eigenvalue weighted by Gasteiger charge is 2.32. The lowest BCUT2D eigenvalue weighted by Crippen LogP contribution is -2.44. The fraction of sp³-hybridized carbons (Fsp3) is 0.500. The minimum Gasteiger partial charge on any atom is -0.494 e. The summed E-state index contributed by atoms with van der Waals surface area (Å²) in [4.78, 5) is 11.7. The van der Waals surface area contributed by atoms with Crippen LogP contribution in [0.5, 0.6) is 5.75 Å². The van der Waals surface area contributed by atoms with E-state index in [-0.39, 0.29) is 19.2 Å². The van der Waals surface area contributed by atoms with Gasteiger partial charge in [0.05, 0.1) is 19.8 Å². The van der Waals surface area contributed by atoms with Crippen LogP contribution >= 0.6 is 0 Å². The van der Waals surface area contributed by atoms with E-state index in [0.29, 0.717) is 25.3 Å². The van der Waals surface area contributed by atoms with Crippen LogP contribution in [0.4, 0.5) is 10.5 Å². The molecule has 20 heavy (non-hydrogen) atoms. The van der Waals surface area contributed by atoms with Crippen LogP contribution in [0.15, 0.2) is 24.3 Å². The lowest BCUT2D eigenvalue weighted by atomic mass is 10.0. The van der Waals surface area contributed by atoms with E-state index in [1.54, 1.807) is 24.3 Å². The maximum atomic E-state index is 11.7. The molecule has 1 aliphatic rings. The van der Waals surface area contributed by atoms with Gasteiger partial charge in [0, 0.05) is 18.7 Å². The van der Waals surface area contributed by atoms with E-state index in [1.165, 1.54) is 0 Å². The van der Waals surface area contributed by atoms with E-state index < -0.39 is 5.60 Å². The van der Waals surface area contributed by atoms with E-state index >= 15 is 0 Å². The maximum Gasteiger partial charge on any atom is 0.319 e. The van der Waals surface area contributed by atoms with Crippen LogP contribution in [0.2, 0.25) is 0 Å². The molecule has 1 saturated heterocycles. The van der Waals surface area contributed by atoms with Gasteiger partial charge >= 0.3 is 6.03 Å². The smallest absolute Gasteiger partial charge is 0.319 e. The Kier molecular flexibility index (Phi) is 4.81. The number of carbonyl (C=O) groups is 1. The van der Waals surface area contributed by atoms with Crippen molar-refractivity contribution in [1.29, 1.82) is 0 Å². The normalized spacial score (nSPS) is 21.5. The van der Waals surface area contributed by atoms with Crippen molar-refractivity contribution in [3.63, 3.8) is 0 Å². The van der Waals surface area contributed by atoms with E-state index in [1.807, 2.05) is 6.92 Å². The first-order valence-electron chi connectivity index (χ1n) is 6.69. The molecule has 1 aliphatic heterocycles. The molecule has 0 spiro atoms. The van der Waals surface area contributed by atoms with Crippen molar-refractivity contribution in [3.8, 4) is 5.75 Å². The van der Waals surface area contributed by atoms with Gasteiger partial charge in [-0.3, -0.25) is 0 Å². The number of carbonyl (C=O) groups excluding carboxylic acids is 1. The Morgan fingerprint density at radius 3 is 2.80 bits per heavy atom. The third-order valence-electron chi connectivity index (χ3n) is 3.08. The third-order valence-corrected chi connectivity index (χ3v) is 3.08. The van der Waals surface area contributed by atoms with Crippen molar-refractivity contribution in [2.45, 2.75) is 18.9 Å². The van der Waals surface area contributed by atoms with Crippen molar-refractivity contribution < 1.29 is 19.4 Å². The number of ether oxygens (including phenoxy) is 2. The van der Waals surface area contributed by atoms with Gasteiger partial charge in [-0.15, -0.1) is 0 Å². The van der Waals surface area contributed by atoms with Gasteiger partial charge in [0.1, 0.15) is 11.4 Å². The van der Waals surface area contributed by atoms with Crippen LogP contribution in [0, 0.1) is 0 Å². The molecular formula is C14H20N2O4. The Balaban J connectivity index is 1.79. The molecule has 1 atom stereocenters. The summed E-state index contributed by atoms with van der Waals surface area (Å²) in [6.45, 7) is 3.48. The van der Waals surface area contributed by atoms with Crippen LogP contribution in [0.25, 0.3) is 0 Å². The topological polar surface area (TPSA) is 79.8 Å². The number of aliphatic hydroxyl groups is 1. The number of amides is 2. The number of anilines is 1. The van der Waals surface area contributed by atoms with E-state index in [4.69, 9.17) is 9.47 Å². The number of rotatable bonds is 5. The standard InChI is InChI=1S/C14H20N2O4/c1-2-20-12-5-3-11(4-6-12)16-13(17)15-9-14(18)7-8-19-10-14/h3-6,18H,2,7-10H2,1H3,(H2,15,16,17). The van der Waals surface area contributed by atoms with E-state index in [0.717, 1.165) is 5.75 Å². The second kappa shape index (κ2) is 6.58. The quantitative estimate of drug-likeness (QED) is 0.761. The zero-order chi connectivity index (χ0) is 14.4. The Hall–Kier alpha value is -1.79. The van der Waals surface area contributed by atoms with Gasteiger partial charge in [0.15, 0.2) is 0 Å². The van der Waals surface area contributed by atoms with Crippen molar-refractivity contribution >= 4 is 11.7 Å². The van der Waals surface area contributed by atoms with Crippen LogP contribution < -0.4 is 15.4 Å². The van der Waals surface area contributed by atoms with Crippen LogP contribution in [0.1, 0.15) is 13.3 Å². The molecule has 0 bridgehead atoms. The molecule has 0 aliphatic carbocycles. The molecule has 0 radical (unpaired) electrons. The highest BCUT2D eigenvalue weighted by Crippen LogP contribution is 2.17. The third kappa shape index (κ3) is 4.11. The molecule has 6 nitrogen and oxygen atoms in total. The van der Waals surface area contributed by atoms with Crippen molar-refractivity contribution in [2.24, 2.45) is 0 Å². The molecular weight excluding hydrogens is 260 g/mol. The van der Waals surface area contributed by atoms with E-state index in [9.17, 15) is 9.90 Å². The number of hydrogen-bond acceptors (Lipinski definition) is 4. The first-order valence-corrected chi connectivity index (χ1v) is 6.69. The highest BCUT2D eigenvalue weighted by molar-refractivity contribution is 5.89. The number of hydrogen-bond donors (Lipinski definition) is 3. The Morgan fingerprint density at radius 2 is 2.20 bits per heavy atom. The molecule has 3 N–H and O–H groups in total. The molecule has 1 unspecified atom stereocenters. The molecule has 1 heterocycles. The molecule has 1 fully saturated rings. The minimum absolute atomic E-state index is 0.176. The molecule has 110 valence electrons. The van der Waals surface area contributed by atoms with Gasteiger partial charge in [-0.05, 0) is 31.2 Å². The second-order valence-corrected chi connectivity index (χ2v) is 4.79. The van der Waals surface area contributed by atoms with Crippen molar-refractivity contribution in [2.75, 3.05) is 31.7 Å². The Labute approximate surface area is 118 Å². The number of urea groups is 1. The summed E-state index contributed by atoms with van der Waals surface area (Å²) in [7, 11) is 0. The average molecular weight is 280 g/mol. The molecule has 0 aromatic heterocycles. The number of nitrogens with one attached hydrogen (secondary N) is 2. The monoisotopic (exact) mass is 280 g/mol. The van der Waals surface area contributed by atoms with Gasteiger partial charge in [-0.2, -0.15) is 0 Å². The molecule has 1 aromatic carbocycles. The first kappa shape index (κ1) is 14.6. The summed E-state index contributed by atoms with van der Waals surface area (Å²) in [5, 5.41) is 15.4. The van der Waals surface area contributed by atoms with Crippen molar-refractivity contribution in [1.82, 2.24) is 5.32 Å². The molecule has 1 aromatic rings. The Morgan fingerprint density at radius 1 is 1.45 bits per heavy atom. The molecule has 2 amide bonds. The summed E-state index contributed by atoms with van der Waals surface area (Å²) in [5.41, 5.74) is -0.281. The number of benzene rings is 1. The van der Waals surface area contributed by atoms with Crippen LogP contribution in [0.3, 0.4) is 0 Å². The van der Waals surface area contributed by atoms with Gasteiger partial charge in [-0.1, -0.05) is 0 Å². The SMILES string of the molecule is CCOc1ccc(NC(=O)NCC2(O)CCOC2)cc1. The second-order valence-electron chi connectivity index (χ2n) is 4.79. The molecule has 2 rings (SSSR count). The zero-order valence-corrected chi connectivity index (χ0v) is 11.5. The molecule has 0 saturated carbocycles. The molecule has 6 heteroatoms. The summed E-state index contributed by atoms with van der Waals surface area (Å²) in [6, 6.07) is 6.75. The summed E-state index contributed by atoms with van der Waals surface area (Å²) >= 11 is 0. The predicted octanol–water partition coefficient (Wildman–Crippen LogP) is 1.36. The predicted molar refractivity (Wildman–Crippen MR) is 75.0 cm³/mol. The highest BCUT2D eigenvalue weighted by atomic mass is 16.5. The fourth-order valence-electron chi connectivity index (χ4n) is 1.96. The van der Waals surface area contributed by atoms with Gasteiger partial charge < -0.3 is 25.2 Å². The summed E-state index contributed by atoms with van der Waals surface area (Å²) in [5.74, 6) is 0.760. The largest absolute Gasteiger partial charge is 0.494 e. The van der Waals surface area contributed by atoms with Crippen LogP contribution in [-0.2, 0) is 4.74 Å². The van der Waals surface area contributed by atoms with E-state index in [2.05, 4.69) is 10.6 Å². The fourth-order valence-corrected chi connectivity index (χ4v) is 1.96. The summed E-state index contributed by atoms with van der Waals surface area (Å²) in [6.07, 6.45) is 0.538. The van der Waals surface area contributed by atoms with Crippen LogP contribution in [-0.4, -0.2) is 43.1 Å². The Bertz CT molecular complexity index is 441. The first-order chi connectivity index (χ1) is 9.61. The zero-order valence-electron chi connectivity index (χ0n) is 11.5. The van der Waals surface area contributed by atoms with Crippen molar-refractivity contribution in [3.05, 3.63) is 24.3 Å². The minimum atomic E-state index is -0.948. The van der Waals surface area contributed by atoms with Gasteiger partial charge in [0.25, 0.3) is 0 Å². The lowest BCUT2D eigenvalue weighted by Gasteiger charge is -2.20.